The van der Waals surface area contributed by atoms with Crippen molar-refractivity contribution in [2.75, 3.05) is 6.61 Å². The van der Waals surface area contributed by atoms with E-state index in [-0.39, 0.29) is 23.5 Å². The van der Waals surface area contributed by atoms with E-state index < -0.39 is 10.7 Å². The smallest absolute Gasteiger partial charge is 0.408 e. The third-order valence-electron chi connectivity index (χ3n) is 3.23. The van der Waals surface area contributed by atoms with Crippen LogP contribution in [0.1, 0.15) is 12.6 Å². The molecule has 0 unspecified atom stereocenters. The Balaban J connectivity index is 1.89. The molecule has 1 aromatic heterocycles. The summed E-state index contributed by atoms with van der Waals surface area (Å²) < 4.78 is 6.76. The Kier molecular flexibility index (Phi) is 5.75. The molecule has 0 bridgehead atoms. The first kappa shape index (κ1) is 17.7. The number of carbonyl (C=O) groups is 1. The number of ether oxygens (including phenoxy) is 1. The minimum Gasteiger partial charge on any atom is -0.491 e. The highest BCUT2D eigenvalue weighted by molar-refractivity contribution is 6.33. The number of rotatable bonds is 7. The second kappa shape index (κ2) is 7.78. The summed E-state index contributed by atoms with van der Waals surface area (Å²) in [6.07, 6.45) is 0. The molecule has 0 aliphatic rings. The van der Waals surface area contributed by atoms with Gasteiger partial charge in [0, 0.05) is 0 Å². The van der Waals surface area contributed by atoms with Crippen LogP contribution in [0.3, 0.4) is 0 Å². The lowest BCUT2D eigenvalue weighted by molar-refractivity contribution is -0.389. The second-order valence-corrected chi connectivity index (χ2v) is 5.61. The average molecular weight is 353 g/mol. The highest BCUT2D eigenvalue weighted by atomic mass is 35.5. The molecule has 0 aliphatic carbocycles. The van der Waals surface area contributed by atoms with E-state index in [1.54, 1.807) is 13.8 Å². The Hall–Kier alpha value is -2.61. The van der Waals surface area contributed by atoms with Crippen molar-refractivity contribution >= 4 is 23.3 Å². The van der Waals surface area contributed by atoms with Gasteiger partial charge in [0.25, 0.3) is 0 Å². The fraction of sp³-hybridized carbons (Fsp3) is 0.333. The third-order valence-corrected chi connectivity index (χ3v) is 3.68. The van der Waals surface area contributed by atoms with Crippen LogP contribution in [0.2, 0.25) is 5.02 Å². The molecule has 24 heavy (non-hydrogen) atoms. The number of para-hydroxylation sites is 1. The van der Waals surface area contributed by atoms with Crippen molar-refractivity contribution in [2.45, 2.75) is 26.4 Å². The number of nitrogens with one attached hydrogen (secondary N) is 1. The zero-order chi connectivity index (χ0) is 17.7. The standard InChI is InChI=1S/C15H17ClN4O4/c1-10(9-24-12-6-4-3-5-7-12)17-13(21)8-19-11(2)14(16)15(18-19)20(22)23/h3-7,10H,8-9H2,1-2H3,(H,17,21)/t10-/m0/s1. The number of carbonyl (C=O) groups excluding carboxylic acids is 1. The van der Waals surface area contributed by atoms with Crippen molar-refractivity contribution < 1.29 is 14.5 Å². The van der Waals surface area contributed by atoms with Crippen LogP contribution in [0.5, 0.6) is 5.75 Å². The van der Waals surface area contributed by atoms with Crippen molar-refractivity contribution in [2.24, 2.45) is 0 Å². The fourth-order valence-corrected chi connectivity index (χ4v) is 2.22. The normalized spacial score (nSPS) is 11.8. The highest BCUT2D eigenvalue weighted by Crippen LogP contribution is 2.26. The van der Waals surface area contributed by atoms with Crippen LogP contribution in [-0.4, -0.2) is 33.3 Å². The van der Waals surface area contributed by atoms with Crippen molar-refractivity contribution in [1.82, 2.24) is 15.1 Å². The van der Waals surface area contributed by atoms with Crippen LogP contribution in [0.15, 0.2) is 30.3 Å². The van der Waals surface area contributed by atoms with Crippen LogP contribution < -0.4 is 10.1 Å². The molecule has 1 heterocycles. The van der Waals surface area contributed by atoms with Gasteiger partial charge in [0.1, 0.15) is 18.9 Å². The summed E-state index contributed by atoms with van der Waals surface area (Å²) in [6, 6.07) is 9.00. The number of nitrogens with zero attached hydrogens (tertiary/aromatic N) is 3. The monoisotopic (exact) mass is 352 g/mol. The van der Waals surface area contributed by atoms with Crippen molar-refractivity contribution in [3.05, 3.63) is 51.2 Å². The summed E-state index contributed by atoms with van der Waals surface area (Å²) in [7, 11) is 0. The summed E-state index contributed by atoms with van der Waals surface area (Å²) in [6.45, 7) is 3.51. The molecule has 128 valence electrons. The molecule has 1 N–H and O–H groups in total. The topological polar surface area (TPSA) is 99.3 Å². The molecule has 2 aromatic rings. The van der Waals surface area contributed by atoms with Gasteiger partial charge in [-0.25, -0.2) is 0 Å². The molecule has 1 aromatic carbocycles. The molecule has 8 nitrogen and oxygen atoms in total. The van der Waals surface area contributed by atoms with Gasteiger partial charge in [0.15, 0.2) is 5.02 Å². The molecule has 9 heteroatoms. The van der Waals surface area contributed by atoms with E-state index in [2.05, 4.69) is 10.4 Å². The zero-order valence-electron chi connectivity index (χ0n) is 13.2. The van der Waals surface area contributed by atoms with Gasteiger partial charge in [-0.3, -0.25) is 4.79 Å². The highest BCUT2D eigenvalue weighted by Gasteiger charge is 2.25. The largest absolute Gasteiger partial charge is 0.491 e. The van der Waals surface area contributed by atoms with Crippen LogP contribution in [0.4, 0.5) is 5.82 Å². The van der Waals surface area contributed by atoms with Gasteiger partial charge in [-0.15, -0.1) is 0 Å². The number of benzene rings is 1. The van der Waals surface area contributed by atoms with E-state index in [1.165, 1.54) is 4.68 Å². The van der Waals surface area contributed by atoms with E-state index in [0.717, 1.165) is 0 Å². The minimum atomic E-state index is -0.680. The Bertz CT molecular complexity index is 733. The second-order valence-electron chi connectivity index (χ2n) is 5.23. The summed E-state index contributed by atoms with van der Waals surface area (Å²) in [4.78, 5) is 22.2. The van der Waals surface area contributed by atoms with Crippen LogP contribution in [-0.2, 0) is 11.3 Å². The first-order chi connectivity index (χ1) is 11.4. The lowest BCUT2D eigenvalue weighted by Crippen LogP contribution is -2.39. The molecular weight excluding hydrogens is 336 g/mol. The average Bonchev–Trinajstić information content (AvgIpc) is 2.82. The zero-order valence-corrected chi connectivity index (χ0v) is 14.0. The first-order valence-corrected chi connectivity index (χ1v) is 7.60. The molecule has 0 radical (unpaired) electrons. The third kappa shape index (κ3) is 4.45. The molecular formula is C15H17ClN4O4. The van der Waals surface area contributed by atoms with Crippen LogP contribution in [0.25, 0.3) is 0 Å². The molecule has 0 aliphatic heterocycles. The Morgan fingerprint density at radius 1 is 1.46 bits per heavy atom. The lowest BCUT2D eigenvalue weighted by atomic mass is 10.3. The van der Waals surface area contributed by atoms with Gasteiger partial charge < -0.3 is 20.2 Å². The van der Waals surface area contributed by atoms with Crippen molar-refractivity contribution in [3.8, 4) is 5.75 Å². The van der Waals surface area contributed by atoms with Gasteiger partial charge in [-0.05, 0) is 30.9 Å². The summed E-state index contributed by atoms with van der Waals surface area (Å²) in [5.41, 5.74) is 0.367. The first-order valence-electron chi connectivity index (χ1n) is 7.23. The lowest BCUT2D eigenvalue weighted by Gasteiger charge is -2.14. The van der Waals surface area contributed by atoms with Crippen LogP contribution >= 0.6 is 11.6 Å². The SMILES string of the molecule is Cc1c(Cl)c([N+](=O)[O-])nn1CC(=O)N[C@@H](C)COc1ccccc1. The number of hydrogen-bond acceptors (Lipinski definition) is 5. The summed E-state index contributed by atoms with van der Waals surface area (Å²) in [5.74, 6) is -0.0809. The van der Waals surface area contributed by atoms with Gasteiger partial charge in [-0.1, -0.05) is 29.8 Å². The van der Waals surface area contributed by atoms with Crippen molar-refractivity contribution in [3.63, 3.8) is 0 Å². The van der Waals surface area contributed by atoms with Crippen molar-refractivity contribution in [1.29, 1.82) is 0 Å². The van der Waals surface area contributed by atoms with E-state index >= 15 is 0 Å². The van der Waals surface area contributed by atoms with Gasteiger partial charge in [-0.2, -0.15) is 4.68 Å². The Morgan fingerprint density at radius 2 is 2.12 bits per heavy atom. The van der Waals surface area contributed by atoms with E-state index in [4.69, 9.17) is 16.3 Å². The molecule has 0 spiro atoms. The van der Waals surface area contributed by atoms with E-state index in [1.807, 2.05) is 30.3 Å². The fourth-order valence-electron chi connectivity index (χ4n) is 2.02. The molecule has 0 saturated carbocycles. The predicted octanol–water partition coefficient (Wildman–Crippen LogP) is 2.34. The van der Waals surface area contributed by atoms with Crippen LogP contribution in [0, 0.1) is 17.0 Å². The Morgan fingerprint density at radius 3 is 2.71 bits per heavy atom. The number of hydrogen-bond donors (Lipinski definition) is 1. The molecule has 0 fully saturated rings. The number of halogens is 1. The van der Waals surface area contributed by atoms with E-state index in [9.17, 15) is 14.9 Å². The molecule has 2 rings (SSSR count). The number of nitro groups is 1. The summed E-state index contributed by atoms with van der Waals surface area (Å²) >= 11 is 5.84. The van der Waals surface area contributed by atoms with Gasteiger partial charge >= 0.3 is 5.82 Å². The van der Waals surface area contributed by atoms with Gasteiger partial charge in [0.2, 0.25) is 5.91 Å². The minimum absolute atomic E-state index is 0.0618. The molecule has 1 amide bonds. The van der Waals surface area contributed by atoms with E-state index in [0.29, 0.717) is 18.1 Å². The maximum Gasteiger partial charge on any atom is 0.408 e. The maximum atomic E-state index is 12.0. The Labute approximate surface area is 143 Å². The van der Waals surface area contributed by atoms with Gasteiger partial charge in [0.05, 0.1) is 16.8 Å². The number of amides is 1. The summed E-state index contributed by atoms with van der Waals surface area (Å²) in [5, 5.41) is 17.2. The molecule has 1 atom stereocenters. The molecule has 0 saturated heterocycles. The predicted molar refractivity (Wildman–Crippen MR) is 88.2 cm³/mol. The quantitative estimate of drug-likeness (QED) is 0.609. The maximum absolute atomic E-state index is 12.0. The number of aromatic nitrogens is 2.